The Labute approximate surface area is 194 Å². The zero-order valence-corrected chi connectivity index (χ0v) is 18.9. The predicted octanol–water partition coefficient (Wildman–Crippen LogP) is 3.81. The number of methoxy groups -OCH3 is 1. The van der Waals surface area contributed by atoms with Crippen molar-refractivity contribution in [3.63, 3.8) is 0 Å². The Bertz CT molecular complexity index is 1670. The summed E-state index contributed by atoms with van der Waals surface area (Å²) < 4.78 is 15.9. The van der Waals surface area contributed by atoms with Crippen molar-refractivity contribution >= 4 is 16.6 Å². The summed E-state index contributed by atoms with van der Waals surface area (Å²) in [6, 6.07) is 18.8. The van der Waals surface area contributed by atoms with Crippen molar-refractivity contribution in [3.8, 4) is 22.7 Å². The van der Waals surface area contributed by atoms with Crippen LogP contribution in [0.4, 0.5) is 5.69 Å². The number of para-hydroxylation sites is 2. The van der Waals surface area contributed by atoms with Crippen molar-refractivity contribution in [1.82, 2.24) is 13.7 Å². The summed E-state index contributed by atoms with van der Waals surface area (Å²) in [5.41, 5.74) is 3.95. The third-order valence-corrected chi connectivity index (χ3v) is 6.52. The Morgan fingerprint density at radius 3 is 2.41 bits per heavy atom. The molecule has 1 atom stereocenters. The molecule has 5 aromatic rings. The van der Waals surface area contributed by atoms with Crippen LogP contribution in [0.1, 0.15) is 17.5 Å². The molecule has 0 fully saturated rings. The van der Waals surface area contributed by atoms with E-state index in [1.165, 1.54) is 7.05 Å². The van der Waals surface area contributed by atoms with Gasteiger partial charge in [0.15, 0.2) is 0 Å². The van der Waals surface area contributed by atoms with E-state index < -0.39 is 6.04 Å². The van der Waals surface area contributed by atoms with Crippen molar-refractivity contribution in [2.24, 2.45) is 14.1 Å². The number of ether oxygens (including phenoxy) is 1. The number of nitrogens with zero attached hydrogens (tertiary/aromatic N) is 3. The minimum Gasteiger partial charge on any atom is -0.497 e. The number of fused-ring (bicyclic) bond motifs is 5. The second kappa shape index (κ2) is 7.28. The third kappa shape index (κ3) is 2.65. The van der Waals surface area contributed by atoms with Gasteiger partial charge in [0.25, 0.3) is 5.56 Å². The Morgan fingerprint density at radius 1 is 0.941 bits per heavy atom. The van der Waals surface area contributed by atoms with Gasteiger partial charge >= 0.3 is 5.69 Å². The normalized spacial score (nSPS) is 14.5. The summed E-state index contributed by atoms with van der Waals surface area (Å²) in [7, 11) is 4.82. The summed E-state index contributed by atoms with van der Waals surface area (Å²) in [6.45, 7) is 0. The van der Waals surface area contributed by atoms with Gasteiger partial charge in [-0.05, 0) is 54.1 Å². The van der Waals surface area contributed by atoms with Gasteiger partial charge in [-0.1, -0.05) is 12.1 Å². The highest BCUT2D eigenvalue weighted by Gasteiger charge is 2.35. The minimum atomic E-state index is -0.405. The highest BCUT2D eigenvalue weighted by atomic mass is 16.5. The quantitative estimate of drug-likeness (QED) is 0.448. The van der Waals surface area contributed by atoms with Crippen LogP contribution in [0.2, 0.25) is 0 Å². The van der Waals surface area contributed by atoms with Gasteiger partial charge in [0.1, 0.15) is 17.6 Å². The second-order valence-corrected chi connectivity index (χ2v) is 8.34. The molecule has 0 radical (unpaired) electrons. The first-order chi connectivity index (χ1) is 16.5. The van der Waals surface area contributed by atoms with Gasteiger partial charge in [-0.2, -0.15) is 0 Å². The third-order valence-electron chi connectivity index (χ3n) is 6.52. The molecule has 1 aliphatic heterocycles. The molecule has 0 bridgehead atoms. The summed E-state index contributed by atoms with van der Waals surface area (Å²) in [6.07, 6.45) is 1.62. The molecule has 0 saturated carbocycles. The van der Waals surface area contributed by atoms with Crippen LogP contribution >= 0.6 is 0 Å². The number of furan rings is 1. The molecule has 170 valence electrons. The Balaban J connectivity index is 1.85. The minimum absolute atomic E-state index is 0.346. The van der Waals surface area contributed by atoms with E-state index in [1.54, 1.807) is 25.0 Å². The van der Waals surface area contributed by atoms with Crippen LogP contribution in [0.15, 0.2) is 80.9 Å². The van der Waals surface area contributed by atoms with Crippen LogP contribution in [0, 0.1) is 0 Å². The lowest BCUT2D eigenvalue weighted by Gasteiger charge is -2.29. The van der Waals surface area contributed by atoms with Gasteiger partial charge in [0.05, 0.1) is 47.0 Å². The molecule has 0 saturated heterocycles. The first-order valence-electron chi connectivity index (χ1n) is 10.9. The zero-order chi connectivity index (χ0) is 23.6. The summed E-state index contributed by atoms with van der Waals surface area (Å²) in [5, 5.41) is 4.02. The summed E-state index contributed by atoms with van der Waals surface area (Å²) in [4.78, 5) is 26.6. The fourth-order valence-electron chi connectivity index (χ4n) is 4.91. The maximum Gasteiger partial charge on any atom is 0.331 e. The number of anilines is 1. The Kier molecular flexibility index (Phi) is 4.32. The zero-order valence-electron chi connectivity index (χ0n) is 18.9. The van der Waals surface area contributed by atoms with Gasteiger partial charge in [-0.15, -0.1) is 0 Å². The van der Waals surface area contributed by atoms with E-state index >= 15 is 0 Å². The number of benzene rings is 2. The monoisotopic (exact) mass is 454 g/mol. The molecule has 2 aromatic carbocycles. The second-order valence-electron chi connectivity index (χ2n) is 8.34. The van der Waals surface area contributed by atoms with Crippen LogP contribution in [0.3, 0.4) is 0 Å². The number of hydrogen-bond donors (Lipinski definition) is 1. The smallest absolute Gasteiger partial charge is 0.331 e. The van der Waals surface area contributed by atoms with E-state index in [-0.39, 0.29) is 11.2 Å². The molecule has 0 aliphatic carbocycles. The van der Waals surface area contributed by atoms with Crippen molar-refractivity contribution < 1.29 is 9.15 Å². The maximum atomic E-state index is 13.6. The molecule has 4 heterocycles. The average Bonchev–Trinajstić information content (AvgIpc) is 3.53. The SMILES string of the molecule is COc1ccc(-c2c3c(=O)n(C)c(=O)n(C)c3c3n2-c2ccccc2N[C@@H]3c2ccco2)cc1. The van der Waals surface area contributed by atoms with E-state index in [0.717, 1.165) is 27.2 Å². The van der Waals surface area contributed by atoms with Crippen molar-refractivity contribution in [1.29, 1.82) is 0 Å². The fraction of sp³-hybridized carbons (Fsp3) is 0.154. The molecule has 8 nitrogen and oxygen atoms in total. The Hall–Kier alpha value is -4.46. The highest BCUT2D eigenvalue weighted by molar-refractivity contribution is 5.99. The number of aryl methyl sites for hydroxylation is 1. The lowest BCUT2D eigenvalue weighted by molar-refractivity contribution is 0.415. The summed E-state index contributed by atoms with van der Waals surface area (Å²) >= 11 is 0. The molecule has 34 heavy (non-hydrogen) atoms. The van der Waals surface area contributed by atoms with Crippen LogP contribution in [0.5, 0.6) is 5.75 Å². The highest BCUT2D eigenvalue weighted by Crippen LogP contribution is 2.45. The van der Waals surface area contributed by atoms with Crippen LogP contribution in [-0.4, -0.2) is 20.8 Å². The van der Waals surface area contributed by atoms with Gasteiger partial charge in [-0.3, -0.25) is 13.9 Å². The number of aromatic nitrogens is 3. The number of rotatable bonds is 3. The molecule has 1 aliphatic rings. The number of nitrogens with one attached hydrogen (secondary N) is 1. The summed E-state index contributed by atoms with van der Waals surface area (Å²) in [5.74, 6) is 1.40. The largest absolute Gasteiger partial charge is 0.497 e. The molecular formula is C26H22N4O4. The predicted molar refractivity (Wildman–Crippen MR) is 130 cm³/mol. The molecule has 3 aromatic heterocycles. The first-order valence-corrected chi connectivity index (χ1v) is 10.9. The van der Waals surface area contributed by atoms with Crippen LogP contribution < -0.4 is 21.3 Å². The van der Waals surface area contributed by atoms with E-state index in [0.29, 0.717) is 28.1 Å². The van der Waals surface area contributed by atoms with Gasteiger partial charge in [0, 0.05) is 14.1 Å². The van der Waals surface area contributed by atoms with E-state index in [9.17, 15) is 9.59 Å². The first kappa shape index (κ1) is 20.2. The average molecular weight is 454 g/mol. The van der Waals surface area contributed by atoms with Crippen molar-refractivity contribution in [3.05, 3.63) is 99.2 Å². The lowest BCUT2D eigenvalue weighted by atomic mass is 10.1. The maximum absolute atomic E-state index is 13.6. The van der Waals surface area contributed by atoms with Crippen LogP contribution in [-0.2, 0) is 14.1 Å². The molecule has 0 spiro atoms. The van der Waals surface area contributed by atoms with Crippen LogP contribution in [0.25, 0.3) is 27.8 Å². The van der Waals surface area contributed by atoms with Gasteiger partial charge in [-0.25, -0.2) is 4.79 Å². The Morgan fingerprint density at radius 2 is 1.71 bits per heavy atom. The van der Waals surface area contributed by atoms with E-state index in [1.807, 2.05) is 60.7 Å². The van der Waals surface area contributed by atoms with Crippen molar-refractivity contribution in [2.45, 2.75) is 6.04 Å². The molecule has 8 heteroatoms. The standard InChI is InChI=1S/C26H22N4O4/c1-28-23-20(25(31)29(2)26(28)32)22(15-10-12-16(33-3)13-11-15)30-18-8-5-4-7-17(18)27-21(24(23)30)19-9-6-14-34-19/h4-14,21,27H,1-3H3/t21-/m1/s1. The van der Waals surface area contributed by atoms with E-state index in [4.69, 9.17) is 9.15 Å². The van der Waals surface area contributed by atoms with E-state index in [2.05, 4.69) is 9.88 Å². The van der Waals surface area contributed by atoms with Gasteiger partial charge in [0.2, 0.25) is 0 Å². The topological polar surface area (TPSA) is 83.3 Å². The fourth-order valence-corrected chi connectivity index (χ4v) is 4.91. The molecule has 0 unspecified atom stereocenters. The number of hydrogen-bond acceptors (Lipinski definition) is 5. The lowest BCUT2D eigenvalue weighted by Crippen LogP contribution is -2.37. The van der Waals surface area contributed by atoms with Gasteiger partial charge < -0.3 is 19.0 Å². The molecule has 0 amide bonds. The van der Waals surface area contributed by atoms with Crippen molar-refractivity contribution in [2.75, 3.05) is 12.4 Å². The molecular weight excluding hydrogens is 432 g/mol. The molecule has 6 rings (SSSR count). The molecule has 1 N–H and O–H groups in total.